The van der Waals surface area contributed by atoms with Gasteiger partial charge >= 0.3 is 0 Å². The van der Waals surface area contributed by atoms with Crippen molar-refractivity contribution in [1.29, 1.82) is 0 Å². The third-order valence-electron chi connectivity index (χ3n) is 1.97. The highest BCUT2D eigenvalue weighted by Crippen LogP contribution is 2.20. The standard InChI is InChI=1S/C10H12N2S/c1-12-7-8-13-10(12)11-9-5-3-2-4-6-9/h2-6H,7-8H2,1H3/b11-10+. The Balaban J connectivity index is 2.20. The van der Waals surface area contributed by atoms with Gasteiger partial charge < -0.3 is 4.90 Å². The van der Waals surface area contributed by atoms with Gasteiger partial charge in [-0.3, -0.25) is 0 Å². The zero-order valence-electron chi connectivity index (χ0n) is 7.60. The Morgan fingerprint density at radius 2 is 2.08 bits per heavy atom. The van der Waals surface area contributed by atoms with Crippen LogP contribution in [-0.2, 0) is 0 Å². The van der Waals surface area contributed by atoms with Crippen LogP contribution in [0.2, 0.25) is 0 Å². The number of benzene rings is 1. The van der Waals surface area contributed by atoms with E-state index in [0.29, 0.717) is 0 Å². The second kappa shape index (κ2) is 3.83. The van der Waals surface area contributed by atoms with E-state index in [-0.39, 0.29) is 0 Å². The summed E-state index contributed by atoms with van der Waals surface area (Å²) in [6.45, 7) is 1.11. The van der Waals surface area contributed by atoms with Gasteiger partial charge in [0.25, 0.3) is 0 Å². The maximum Gasteiger partial charge on any atom is 0.164 e. The predicted molar refractivity (Wildman–Crippen MR) is 58.6 cm³/mol. The molecule has 0 aliphatic carbocycles. The molecule has 0 spiro atoms. The van der Waals surface area contributed by atoms with Crippen LogP contribution in [0.5, 0.6) is 0 Å². The first-order valence-electron chi connectivity index (χ1n) is 4.34. The van der Waals surface area contributed by atoms with E-state index in [1.54, 1.807) is 0 Å². The van der Waals surface area contributed by atoms with E-state index >= 15 is 0 Å². The molecule has 0 saturated carbocycles. The molecule has 0 bridgehead atoms. The smallest absolute Gasteiger partial charge is 0.164 e. The van der Waals surface area contributed by atoms with Crippen LogP contribution in [0.25, 0.3) is 0 Å². The second-order valence-corrected chi connectivity index (χ2v) is 4.06. The fraction of sp³-hybridized carbons (Fsp3) is 0.300. The summed E-state index contributed by atoms with van der Waals surface area (Å²) < 4.78 is 0. The molecule has 1 aliphatic rings. The second-order valence-electron chi connectivity index (χ2n) is 3.00. The van der Waals surface area contributed by atoms with Crippen molar-refractivity contribution in [3.63, 3.8) is 0 Å². The molecule has 1 fully saturated rings. The quantitative estimate of drug-likeness (QED) is 0.678. The highest BCUT2D eigenvalue weighted by atomic mass is 32.2. The summed E-state index contributed by atoms with van der Waals surface area (Å²) in [5.41, 5.74) is 1.04. The van der Waals surface area contributed by atoms with Crippen LogP contribution in [-0.4, -0.2) is 29.4 Å². The lowest BCUT2D eigenvalue weighted by Crippen LogP contribution is -2.17. The Bertz CT molecular complexity index is 308. The van der Waals surface area contributed by atoms with Crippen molar-refractivity contribution in [2.75, 3.05) is 19.3 Å². The summed E-state index contributed by atoms with van der Waals surface area (Å²) in [6, 6.07) is 10.1. The van der Waals surface area contributed by atoms with Crippen molar-refractivity contribution in [2.45, 2.75) is 0 Å². The molecule has 0 unspecified atom stereocenters. The van der Waals surface area contributed by atoms with Gasteiger partial charge in [-0.1, -0.05) is 30.0 Å². The van der Waals surface area contributed by atoms with Crippen LogP contribution in [0.15, 0.2) is 35.3 Å². The zero-order chi connectivity index (χ0) is 9.10. The first-order chi connectivity index (χ1) is 6.36. The van der Waals surface area contributed by atoms with Gasteiger partial charge in [0.2, 0.25) is 0 Å². The lowest BCUT2D eigenvalue weighted by molar-refractivity contribution is 0.563. The minimum Gasteiger partial charge on any atom is -0.353 e. The Hall–Kier alpha value is -0.960. The molecule has 1 saturated heterocycles. The van der Waals surface area contributed by atoms with Crippen molar-refractivity contribution in [3.8, 4) is 0 Å². The molecule has 1 aliphatic heterocycles. The lowest BCUT2D eigenvalue weighted by Gasteiger charge is -2.08. The fourth-order valence-corrected chi connectivity index (χ4v) is 2.24. The number of para-hydroxylation sites is 1. The lowest BCUT2D eigenvalue weighted by atomic mass is 10.3. The first kappa shape index (κ1) is 8.63. The van der Waals surface area contributed by atoms with Crippen LogP contribution in [0.1, 0.15) is 0 Å². The highest BCUT2D eigenvalue weighted by molar-refractivity contribution is 8.14. The summed E-state index contributed by atoms with van der Waals surface area (Å²) >= 11 is 1.82. The summed E-state index contributed by atoms with van der Waals surface area (Å²) in [6.07, 6.45) is 0. The van der Waals surface area contributed by atoms with E-state index in [1.807, 2.05) is 42.1 Å². The molecule has 1 aromatic carbocycles. The van der Waals surface area contributed by atoms with Gasteiger partial charge in [-0.15, -0.1) is 0 Å². The largest absolute Gasteiger partial charge is 0.353 e. The topological polar surface area (TPSA) is 15.6 Å². The molecular formula is C10H12N2S. The average molecular weight is 192 g/mol. The van der Waals surface area contributed by atoms with Crippen molar-refractivity contribution < 1.29 is 0 Å². The monoisotopic (exact) mass is 192 g/mol. The van der Waals surface area contributed by atoms with Gasteiger partial charge in [0, 0.05) is 19.3 Å². The molecule has 0 radical (unpaired) electrons. The van der Waals surface area contributed by atoms with E-state index in [2.05, 4.69) is 16.9 Å². The summed E-state index contributed by atoms with van der Waals surface area (Å²) in [4.78, 5) is 6.74. The normalized spacial score (nSPS) is 19.8. The number of nitrogens with zero attached hydrogens (tertiary/aromatic N) is 2. The Kier molecular flexibility index (Phi) is 2.54. The van der Waals surface area contributed by atoms with Crippen molar-refractivity contribution in [3.05, 3.63) is 30.3 Å². The number of aliphatic imine (C=N–C) groups is 1. The minimum atomic E-state index is 1.04. The molecule has 2 rings (SSSR count). The maximum atomic E-state index is 4.54. The van der Waals surface area contributed by atoms with Crippen molar-refractivity contribution >= 4 is 22.6 Å². The van der Waals surface area contributed by atoms with Gasteiger partial charge in [0.05, 0.1) is 5.69 Å². The molecule has 0 aromatic heterocycles. The van der Waals surface area contributed by atoms with Crippen LogP contribution >= 0.6 is 11.8 Å². The molecule has 2 nitrogen and oxygen atoms in total. The van der Waals surface area contributed by atoms with E-state index in [1.165, 1.54) is 0 Å². The SMILES string of the molecule is CN1CCS/C1=N/c1ccccc1. The summed E-state index contributed by atoms with van der Waals surface area (Å²) in [7, 11) is 2.09. The van der Waals surface area contributed by atoms with Gasteiger partial charge in [-0.25, -0.2) is 4.99 Å². The molecule has 1 aromatic rings. The third kappa shape index (κ3) is 2.04. The molecule has 0 N–H and O–H groups in total. The van der Waals surface area contributed by atoms with E-state index in [9.17, 15) is 0 Å². The molecule has 0 amide bonds. The number of hydrogen-bond acceptors (Lipinski definition) is 2. The number of thioether (sulfide) groups is 1. The Morgan fingerprint density at radius 1 is 1.31 bits per heavy atom. The summed E-state index contributed by atoms with van der Waals surface area (Å²) in [5.74, 6) is 1.15. The number of rotatable bonds is 1. The predicted octanol–water partition coefficient (Wildman–Crippen LogP) is 2.35. The van der Waals surface area contributed by atoms with Crippen molar-refractivity contribution in [2.24, 2.45) is 4.99 Å². The fourth-order valence-electron chi connectivity index (χ4n) is 1.21. The molecule has 3 heteroatoms. The van der Waals surface area contributed by atoms with Crippen LogP contribution in [0.4, 0.5) is 5.69 Å². The molecule has 0 atom stereocenters. The maximum absolute atomic E-state index is 4.54. The molecule has 13 heavy (non-hydrogen) atoms. The van der Waals surface area contributed by atoms with Crippen LogP contribution in [0, 0.1) is 0 Å². The van der Waals surface area contributed by atoms with E-state index in [0.717, 1.165) is 23.2 Å². The number of hydrogen-bond donors (Lipinski definition) is 0. The van der Waals surface area contributed by atoms with Gasteiger partial charge in [-0.2, -0.15) is 0 Å². The van der Waals surface area contributed by atoms with E-state index in [4.69, 9.17) is 0 Å². The molecule has 1 heterocycles. The van der Waals surface area contributed by atoms with Gasteiger partial charge in [0.15, 0.2) is 5.17 Å². The highest BCUT2D eigenvalue weighted by Gasteiger charge is 2.14. The average Bonchev–Trinajstić information content (AvgIpc) is 2.54. The number of amidine groups is 1. The molecular weight excluding hydrogens is 180 g/mol. The summed E-state index contributed by atoms with van der Waals surface area (Å²) in [5, 5.41) is 1.13. The molecule has 68 valence electrons. The minimum absolute atomic E-state index is 1.04. The van der Waals surface area contributed by atoms with Crippen LogP contribution in [0.3, 0.4) is 0 Å². The van der Waals surface area contributed by atoms with Gasteiger partial charge in [-0.05, 0) is 12.1 Å². The Labute approximate surface area is 82.7 Å². The van der Waals surface area contributed by atoms with E-state index < -0.39 is 0 Å². The Morgan fingerprint density at radius 3 is 2.69 bits per heavy atom. The third-order valence-corrected chi connectivity index (χ3v) is 3.01. The van der Waals surface area contributed by atoms with Crippen LogP contribution < -0.4 is 0 Å². The zero-order valence-corrected chi connectivity index (χ0v) is 8.42. The van der Waals surface area contributed by atoms with Gasteiger partial charge in [0.1, 0.15) is 0 Å². The van der Waals surface area contributed by atoms with Crippen molar-refractivity contribution in [1.82, 2.24) is 4.90 Å². The first-order valence-corrected chi connectivity index (χ1v) is 5.32.